The molecule has 0 aromatic carbocycles. The molecule has 0 saturated carbocycles. The van der Waals surface area contributed by atoms with Crippen LogP contribution in [0.3, 0.4) is 0 Å². The zero-order valence-corrected chi connectivity index (χ0v) is 12.5. The molecular weight excluding hydrogens is 268 g/mol. The highest BCUT2D eigenvalue weighted by molar-refractivity contribution is 7.79. The topological polar surface area (TPSA) is 70.1 Å². The summed E-state index contributed by atoms with van der Waals surface area (Å²) in [4.78, 5) is 16.0. The van der Waals surface area contributed by atoms with Gasteiger partial charge in [0.25, 0.3) is 0 Å². The molecule has 0 aliphatic carbocycles. The Morgan fingerprint density at radius 3 is 2.63 bits per heavy atom. The molecule has 6 nitrogen and oxygen atoms in total. The summed E-state index contributed by atoms with van der Waals surface area (Å²) in [5.41, 5.74) is 0. The third-order valence-electron chi connectivity index (χ3n) is 3.42. The van der Waals surface area contributed by atoms with E-state index in [9.17, 15) is 9.00 Å². The highest BCUT2D eigenvalue weighted by Gasteiger charge is 2.22. The van der Waals surface area contributed by atoms with Crippen molar-refractivity contribution in [2.45, 2.75) is 13.3 Å². The molecular formula is C12H24N2O4S. The second kappa shape index (κ2) is 8.63. The van der Waals surface area contributed by atoms with E-state index < -0.39 is 11.1 Å². The number of carbonyl (C=O) groups is 1. The highest BCUT2D eigenvalue weighted by Crippen LogP contribution is 2.08. The maximum absolute atomic E-state index is 12.1. The van der Waals surface area contributed by atoms with Crippen LogP contribution >= 0.6 is 0 Å². The molecule has 0 spiro atoms. The first-order chi connectivity index (χ1) is 9.04. The molecule has 2 atom stereocenters. The van der Waals surface area contributed by atoms with E-state index in [0.717, 1.165) is 32.8 Å². The Labute approximate surface area is 117 Å². The van der Waals surface area contributed by atoms with Crippen LogP contribution in [-0.4, -0.2) is 76.7 Å². The summed E-state index contributed by atoms with van der Waals surface area (Å²) in [6.07, 6.45) is 0.590. The number of amides is 1. The monoisotopic (exact) mass is 292 g/mol. The van der Waals surface area contributed by atoms with Gasteiger partial charge in [-0.1, -0.05) is 6.92 Å². The maximum Gasteiger partial charge on any atom is 0.226 e. The van der Waals surface area contributed by atoms with Gasteiger partial charge in [-0.25, -0.2) is 4.21 Å². The van der Waals surface area contributed by atoms with Gasteiger partial charge in [-0.05, 0) is 6.42 Å². The number of carbonyl (C=O) groups excluding carboxylic acids is 1. The van der Waals surface area contributed by atoms with Crippen LogP contribution in [0.1, 0.15) is 13.3 Å². The number of hydrogen-bond acceptors (Lipinski definition) is 4. The van der Waals surface area contributed by atoms with E-state index >= 15 is 0 Å². The van der Waals surface area contributed by atoms with Gasteiger partial charge in [0, 0.05) is 33.2 Å². The average Bonchev–Trinajstić information content (AvgIpc) is 2.42. The average molecular weight is 292 g/mol. The predicted molar refractivity (Wildman–Crippen MR) is 74.3 cm³/mol. The molecule has 1 saturated heterocycles. The van der Waals surface area contributed by atoms with Gasteiger partial charge in [0.05, 0.1) is 24.9 Å². The van der Waals surface area contributed by atoms with E-state index in [1.54, 1.807) is 11.9 Å². The zero-order chi connectivity index (χ0) is 14.3. The van der Waals surface area contributed by atoms with Crippen LogP contribution in [0.15, 0.2) is 0 Å². The summed E-state index contributed by atoms with van der Waals surface area (Å²) in [7, 11) is 1.76. The number of nitrogens with zero attached hydrogens (tertiary/aromatic N) is 2. The van der Waals surface area contributed by atoms with Crippen molar-refractivity contribution in [1.29, 1.82) is 0 Å². The van der Waals surface area contributed by atoms with Gasteiger partial charge >= 0.3 is 0 Å². The van der Waals surface area contributed by atoms with Crippen molar-refractivity contribution >= 4 is 17.0 Å². The lowest BCUT2D eigenvalue weighted by atomic mass is 10.1. The minimum absolute atomic E-state index is 0.0250. The molecule has 0 radical (unpaired) electrons. The van der Waals surface area contributed by atoms with Gasteiger partial charge < -0.3 is 14.2 Å². The fourth-order valence-electron chi connectivity index (χ4n) is 2.07. The van der Waals surface area contributed by atoms with E-state index in [4.69, 9.17) is 9.29 Å². The van der Waals surface area contributed by atoms with Crippen LogP contribution in [0.25, 0.3) is 0 Å². The molecule has 7 heteroatoms. The van der Waals surface area contributed by atoms with Gasteiger partial charge in [0.1, 0.15) is 0 Å². The molecule has 1 aliphatic heterocycles. The fourth-order valence-corrected chi connectivity index (χ4v) is 2.80. The molecule has 1 heterocycles. The fraction of sp³-hybridized carbons (Fsp3) is 0.917. The molecule has 2 unspecified atom stereocenters. The molecule has 112 valence electrons. The van der Waals surface area contributed by atoms with Crippen LogP contribution in [0.2, 0.25) is 0 Å². The molecule has 1 amide bonds. The van der Waals surface area contributed by atoms with Gasteiger partial charge in [0.2, 0.25) is 5.91 Å². The van der Waals surface area contributed by atoms with E-state index in [0.29, 0.717) is 13.0 Å². The molecule has 1 rings (SSSR count). The summed E-state index contributed by atoms with van der Waals surface area (Å²) in [6.45, 7) is 6.64. The van der Waals surface area contributed by atoms with E-state index in [-0.39, 0.29) is 17.6 Å². The van der Waals surface area contributed by atoms with E-state index in [2.05, 4.69) is 4.90 Å². The van der Waals surface area contributed by atoms with Crippen molar-refractivity contribution in [3.63, 3.8) is 0 Å². The summed E-state index contributed by atoms with van der Waals surface area (Å²) in [5.74, 6) is -0.379. The van der Waals surface area contributed by atoms with Crippen molar-refractivity contribution in [3.8, 4) is 0 Å². The van der Waals surface area contributed by atoms with Crippen LogP contribution in [0, 0.1) is 5.92 Å². The second-order valence-corrected chi connectivity index (χ2v) is 5.78. The van der Waals surface area contributed by atoms with Crippen LogP contribution < -0.4 is 0 Å². The lowest BCUT2D eigenvalue weighted by molar-refractivity contribution is -0.133. The first kappa shape index (κ1) is 16.6. The second-order valence-electron chi connectivity index (χ2n) is 4.81. The lowest BCUT2D eigenvalue weighted by Crippen LogP contribution is -2.43. The summed E-state index contributed by atoms with van der Waals surface area (Å²) < 4.78 is 25.0. The van der Waals surface area contributed by atoms with Crippen molar-refractivity contribution in [3.05, 3.63) is 0 Å². The first-order valence-electron chi connectivity index (χ1n) is 6.67. The molecule has 0 aromatic rings. The van der Waals surface area contributed by atoms with Gasteiger partial charge in [-0.2, -0.15) is 0 Å². The smallest absolute Gasteiger partial charge is 0.226 e. The van der Waals surface area contributed by atoms with Gasteiger partial charge in [-0.15, -0.1) is 0 Å². The Kier molecular flexibility index (Phi) is 7.52. The minimum atomic E-state index is -1.92. The number of hydrogen-bond donors (Lipinski definition) is 1. The Bertz CT molecular complexity index is 308. The molecule has 0 bridgehead atoms. The minimum Gasteiger partial charge on any atom is -0.379 e. The standard InChI is InChI=1S/C12H24N2O4S/c1-3-11(10-19(16)17)12(15)13(2)4-5-14-6-8-18-9-7-14/h11H,3-10H2,1-2H3,(H,16,17). The third kappa shape index (κ3) is 5.99. The maximum atomic E-state index is 12.1. The predicted octanol–water partition coefficient (Wildman–Crippen LogP) is 0.0249. The largest absolute Gasteiger partial charge is 0.379 e. The number of rotatable bonds is 7. The van der Waals surface area contributed by atoms with Gasteiger partial charge in [-0.3, -0.25) is 9.69 Å². The lowest BCUT2D eigenvalue weighted by Gasteiger charge is -2.29. The normalized spacial score (nSPS) is 19.9. The van der Waals surface area contributed by atoms with Crippen molar-refractivity contribution < 1.29 is 18.3 Å². The molecule has 1 aliphatic rings. The van der Waals surface area contributed by atoms with E-state index in [1.165, 1.54) is 0 Å². The molecule has 1 N–H and O–H groups in total. The highest BCUT2D eigenvalue weighted by atomic mass is 32.2. The number of likely N-dealkylation sites (N-methyl/N-ethyl adjacent to an activating group) is 1. The van der Waals surface area contributed by atoms with Crippen molar-refractivity contribution in [2.24, 2.45) is 5.92 Å². The summed E-state index contributed by atoms with van der Waals surface area (Å²) in [6, 6.07) is 0. The molecule has 1 fully saturated rings. The van der Waals surface area contributed by atoms with Crippen molar-refractivity contribution in [2.75, 3.05) is 52.2 Å². The zero-order valence-electron chi connectivity index (χ0n) is 11.7. The van der Waals surface area contributed by atoms with Crippen LogP contribution in [0.5, 0.6) is 0 Å². The first-order valence-corrected chi connectivity index (χ1v) is 7.94. The SMILES string of the molecule is CCC(CS(=O)O)C(=O)N(C)CCN1CCOCC1. The summed E-state index contributed by atoms with van der Waals surface area (Å²) in [5, 5.41) is 0. The summed E-state index contributed by atoms with van der Waals surface area (Å²) >= 11 is -1.92. The van der Waals surface area contributed by atoms with E-state index in [1.807, 2.05) is 6.92 Å². The quantitative estimate of drug-likeness (QED) is 0.670. The molecule has 0 aromatic heterocycles. The third-order valence-corrected chi connectivity index (χ3v) is 4.10. The van der Waals surface area contributed by atoms with Crippen LogP contribution in [-0.2, 0) is 20.6 Å². The number of morpholine rings is 1. The Morgan fingerprint density at radius 1 is 1.47 bits per heavy atom. The Balaban J connectivity index is 2.35. The van der Waals surface area contributed by atoms with Crippen LogP contribution in [0.4, 0.5) is 0 Å². The molecule has 19 heavy (non-hydrogen) atoms. The van der Waals surface area contributed by atoms with Crippen molar-refractivity contribution in [1.82, 2.24) is 9.80 Å². The Morgan fingerprint density at radius 2 is 2.11 bits per heavy atom. The Hall–Kier alpha value is -0.500. The van der Waals surface area contributed by atoms with Gasteiger partial charge in [0.15, 0.2) is 11.1 Å². The number of ether oxygens (including phenoxy) is 1.